The van der Waals surface area contributed by atoms with Crippen molar-refractivity contribution < 1.29 is 13.7 Å². The van der Waals surface area contributed by atoms with E-state index >= 15 is 0 Å². The topological polar surface area (TPSA) is 68.0 Å². The van der Waals surface area contributed by atoms with Crippen molar-refractivity contribution in [1.82, 2.24) is 10.1 Å². The van der Waals surface area contributed by atoms with E-state index in [9.17, 15) is 9.18 Å². The summed E-state index contributed by atoms with van der Waals surface area (Å²) in [5.74, 6) is -0.467. The lowest BCUT2D eigenvalue weighted by atomic mass is 10.2. The van der Waals surface area contributed by atoms with E-state index < -0.39 is 5.82 Å². The van der Waals surface area contributed by atoms with Gasteiger partial charge in [-0.3, -0.25) is 4.79 Å². The van der Waals surface area contributed by atoms with Gasteiger partial charge in [-0.05, 0) is 24.3 Å². The minimum absolute atomic E-state index is 0.0488. The molecule has 1 amide bonds. The van der Waals surface area contributed by atoms with Crippen LogP contribution >= 0.6 is 0 Å². The smallest absolute Gasteiger partial charge is 0.260 e. The molecule has 0 aliphatic heterocycles. The Balaban J connectivity index is 1.70. The predicted octanol–water partition coefficient (Wildman–Crippen LogP) is 3.06. The van der Waals surface area contributed by atoms with Gasteiger partial charge in [-0.1, -0.05) is 35.5 Å². The predicted molar refractivity (Wildman–Crippen MR) is 78.5 cm³/mol. The number of carbonyl (C=O) groups excluding carboxylic acids is 1. The Kier molecular flexibility index (Phi) is 3.91. The zero-order chi connectivity index (χ0) is 15.4. The minimum Gasteiger partial charge on any atom is -0.334 e. The zero-order valence-electron chi connectivity index (χ0n) is 11.5. The van der Waals surface area contributed by atoms with Gasteiger partial charge >= 0.3 is 0 Å². The van der Waals surface area contributed by atoms with Crippen molar-refractivity contribution in [2.75, 3.05) is 5.32 Å². The summed E-state index contributed by atoms with van der Waals surface area (Å²) in [6.45, 7) is 0. The number of amides is 1. The maximum atomic E-state index is 13.6. The second-order valence-corrected chi connectivity index (χ2v) is 4.59. The standard InChI is InChI=1S/C16H12FN3O2/c17-13-9-5-4-8-12(13)16-19-14(20-22-16)10-15(21)18-11-6-2-1-3-7-11/h1-9H,10H2,(H,18,21). The summed E-state index contributed by atoms with van der Waals surface area (Å²) in [5, 5.41) is 6.42. The first-order valence-corrected chi connectivity index (χ1v) is 6.65. The molecule has 0 atom stereocenters. The summed E-state index contributed by atoms with van der Waals surface area (Å²) in [6.07, 6.45) is -0.0488. The third kappa shape index (κ3) is 3.17. The molecule has 2 aromatic carbocycles. The Labute approximate surface area is 125 Å². The molecule has 3 rings (SSSR count). The van der Waals surface area contributed by atoms with Gasteiger partial charge in [0.15, 0.2) is 5.82 Å². The van der Waals surface area contributed by atoms with Gasteiger partial charge in [0.2, 0.25) is 5.91 Å². The van der Waals surface area contributed by atoms with Crippen molar-refractivity contribution in [1.29, 1.82) is 0 Å². The third-order valence-corrected chi connectivity index (χ3v) is 2.95. The highest BCUT2D eigenvalue weighted by Gasteiger charge is 2.14. The van der Waals surface area contributed by atoms with Crippen LogP contribution in [0.25, 0.3) is 11.5 Å². The van der Waals surface area contributed by atoms with E-state index in [1.807, 2.05) is 18.2 Å². The fourth-order valence-corrected chi connectivity index (χ4v) is 1.94. The summed E-state index contributed by atoms with van der Waals surface area (Å²) in [5.41, 5.74) is 0.898. The van der Waals surface area contributed by atoms with Gasteiger partial charge < -0.3 is 9.84 Å². The average molecular weight is 297 g/mol. The van der Waals surface area contributed by atoms with E-state index in [-0.39, 0.29) is 29.6 Å². The number of carbonyl (C=O) groups is 1. The second kappa shape index (κ2) is 6.17. The first-order valence-electron chi connectivity index (χ1n) is 6.65. The molecular weight excluding hydrogens is 285 g/mol. The number of aromatic nitrogens is 2. The summed E-state index contributed by atoms with van der Waals surface area (Å²) in [4.78, 5) is 15.9. The van der Waals surface area contributed by atoms with Gasteiger partial charge in [-0.25, -0.2) is 4.39 Å². The number of benzene rings is 2. The Morgan fingerprint density at radius 2 is 1.82 bits per heavy atom. The molecule has 1 aromatic heterocycles. The monoisotopic (exact) mass is 297 g/mol. The number of nitrogens with one attached hydrogen (secondary N) is 1. The summed E-state index contributed by atoms with van der Waals surface area (Å²) in [6, 6.07) is 15.1. The van der Waals surface area contributed by atoms with Crippen LogP contribution in [0.2, 0.25) is 0 Å². The lowest BCUT2D eigenvalue weighted by Gasteiger charge is -2.02. The highest BCUT2D eigenvalue weighted by atomic mass is 19.1. The number of hydrogen-bond acceptors (Lipinski definition) is 4. The molecule has 5 nitrogen and oxygen atoms in total. The fraction of sp³-hybridized carbons (Fsp3) is 0.0625. The van der Waals surface area contributed by atoms with E-state index in [0.717, 1.165) is 0 Å². The van der Waals surface area contributed by atoms with Gasteiger partial charge in [0, 0.05) is 5.69 Å². The Morgan fingerprint density at radius 1 is 1.09 bits per heavy atom. The molecule has 3 aromatic rings. The van der Waals surface area contributed by atoms with Crippen LogP contribution in [-0.2, 0) is 11.2 Å². The van der Waals surface area contributed by atoms with Crippen LogP contribution < -0.4 is 5.32 Å². The van der Waals surface area contributed by atoms with Gasteiger partial charge in [0.1, 0.15) is 5.82 Å². The molecule has 0 bridgehead atoms. The molecule has 0 fully saturated rings. The zero-order valence-corrected chi connectivity index (χ0v) is 11.5. The normalized spacial score (nSPS) is 10.4. The highest BCUT2D eigenvalue weighted by Crippen LogP contribution is 2.20. The molecule has 1 N–H and O–H groups in total. The van der Waals surface area contributed by atoms with E-state index in [4.69, 9.17) is 4.52 Å². The van der Waals surface area contributed by atoms with Crippen molar-refractivity contribution in [2.45, 2.75) is 6.42 Å². The van der Waals surface area contributed by atoms with Gasteiger partial charge in [-0.2, -0.15) is 4.98 Å². The van der Waals surface area contributed by atoms with Crippen LogP contribution in [0.5, 0.6) is 0 Å². The van der Waals surface area contributed by atoms with E-state index in [1.54, 1.807) is 24.3 Å². The van der Waals surface area contributed by atoms with Crippen molar-refractivity contribution >= 4 is 11.6 Å². The lowest BCUT2D eigenvalue weighted by molar-refractivity contribution is -0.115. The van der Waals surface area contributed by atoms with Gasteiger partial charge in [-0.15, -0.1) is 0 Å². The lowest BCUT2D eigenvalue weighted by Crippen LogP contribution is -2.15. The van der Waals surface area contributed by atoms with E-state index in [0.29, 0.717) is 5.69 Å². The fourth-order valence-electron chi connectivity index (χ4n) is 1.94. The molecular formula is C16H12FN3O2. The Morgan fingerprint density at radius 3 is 2.59 bits per heavy atom. The quantitative estimate of drug-likeness (QED) is 0.803. The molecule has 0 saturated heterocycles. The third-order valence-electron chi connectivity index (χ3n) is 2.95. The molecule has 0 spiro atoms. The first kappa shape index (κ1) is 13.9. The molecule has 0 aliphatic carbocycles. The molecule has 22 heavy (non-hydrogen) atoms. The summed E-state index contributed by atoms with van der Waals surface area (Å²) in [7, 11) is 0. The van der Waals surface area contributed by atoms with Gasteiger partial charge in [0.05, 0.1) is 12.0 Å². The molecule has 1 heterocycles. The second-order valence-electron chi connectivity index (χ2n) is 4.59. The number of hydrogen-bond donors (Lipinski definition) is 1. The van der Waals surface area contributed by atoms with E-state index in [2.05, 4.69) is 15.5 Å². The maximum absolute atomic E-state index is 13.6. The number of para-hydroxylation sites is 1. The van der Waals surface area contributed by atoms with Crippen LogP contribution in [0.3, 0.4) is 0 Å². The molecule has 110 valence electrons. The van der Waals surface area contributed by atoms with Crippen LogP contribution in [-0.4, -0.2) is 16.0 Å². The molecule has 0 saturated carbocycles. The molecule has 0 aliphatic rings. The van der Waals surface area contributed by atoms with E-state index in [1.165, 1.54) is 12.1 Å². The Hall–Kier alpha value is -3.02. The van der Waals surface area contributed by atoms with Crippen molar-refractivity contribution in [3.05, 3.63) is 66.2 Å². The number of anilines is 1. The summed E-state index contributed by atoms with van der Waals surface area (Å²) < 4.78 is 18.6. The average Bonchev–Trinajstić information content (AvgIpc) is 2.97. The Bertz CT molecular complexity index is 787. The maximum Gasteiger partial charge on any atom is 0.260 e. The molecule has 0 radical (unpaired) electrons. The van der Waals surface area contributed by atoms with Crippen molar-refractivity contribution in [3.63, 3.8) is 0 Å². The first-order chi connectivity index (χ1) is 10.7. The largest absolute Gasteiger partial charge is 0.334 e. The molecule has 6 heteroatoms. The van der Waals surface area contributed by atoms with Crippen LogP contribution in [0, 0.1) is 5.82 Å². The van der Waals surface area contributed by atoms with Crippen LogP contribution in [0.15, 0.2) is 59.1 Å². The van der Waals surface area contributed by atoms with Gasteiger partial charge in [0.25, 0.3) is 5.89 Å². The number of rotatable bonds is 4. The van der Waals surface area contributed by atoms with Crippen molar-refractivity contribution in [3.8, 4) is 11.5 Å². The van der Waals surface area contributed by atoms with Crippen LogP contribution in [0.1, 0.15) is 5.82 Å². The number of nitrogens with zero attached hydrogens (tertiary/aromatic N) is 2. The SMILES string of the molecule is O=C(Cc1noc(-c2ccccc2F)n1)Nc1ccccc1. The van der Waals surface area contributed by atoms with Crippen LogP contribution in [0.4, 0.5) is 10.1 Å². The minimum atomic E-state index is -0.452. The number of halogens is 1. The van der Waals surface area contributed by atoms with Crippen molar-refractivity contribution in [2.24, 2.45) is 0 Å². The highest BCUT2D eigenvalue weighted by molar-refractivity contribution is 5.91. The molecule has 0 unspecified atom stereocenters. The summed E-state index contributed by atoms with van der Waals surface area (Å²) >= 11 is 0.